The van der Waals surface area contributed by atoms with Crippen molar-refractivity contribution >= 4 is 17.5 Å². The molecule has 2 heterocycles. The number of fused-ring (bicyclic) bond motifs is 1. The van der Waals surface area contributed by atoms with Crippen LogP contribution in [0.1, 0.15) is 97.8 Å². The van der Waals surface area contributed by atoms with E-state index in [9.17, 15) is 29.7 Å². The van der Waals surface area contributed by atoms with Crippen molar-refractivity contribution < 1.29 is 43.9 Å². The van der Waals surface area contributed by atoms with E-state index in [1.165, 1.54) is 13.2 Å². The van der Waals surface area contributed by atoms with Crippen molar-refractivity contribution in [2.45, 2.75) is 141 Å². The Kier molecular flexibility index (Phi) is 15.1. The van der Waals surface area contributed by atoms with Gasteiger partial charge in [-0.2, -0.15) is 0 Å². The van der Waals surface area contributed by atoms with Gasteiger partial charge in [0.2, 0.25) is 5.91 Å². The molecule has 0 bridgehead atoms. The zero-order valence-electron chi connectivity index (χ0n) is 27.3. The molecule has 10 nitrogen and oxygen atoms in total. The number of unbranched alkanes of at least 4 members (excludes halogenated alkanes) is 3. The molecule has 1 fully saturated rings. The molecule has 0 aromatic rings. The van der Waals surface area contributed by atoms with Crippen LogP contribution in [0.3, 0.4) is 0 Å². The van der Waals surface area contributed by atoms with Crippen LogP contribution < -0.4 is 5.32 Å². The predicted octanol–water partition coefficient (Wildman–Crippen LogP) is 4.69. The summed E-state index contributed by atoms with van der Waals surface area (Å²) in [6, 6.07) is -0.247. The Morgan fingerprint density at radius 1 is 1.04 bits per heavy atom. The number of ether oxygens (including phenoxy) is 3. The molecule has 1 saturated heterocycles. The van der Waals surface area contributed by atoms with Gasteiger partial charge in [-0.15, -0.1) is 0 Å². The Hall–Kier alpha value is -2.63. The molecule has 10 heteroatoms. The van der Waals surface area contributed by atoms with Crippen LogP contribution in [0.15, 0.2) is 47.3 Å². The summed E-state index contributed by atoms with van der Waals surface area (Å²) in [4.78, 5) is 38.9. The highest BCUT2D eigenvalue weighted by atomic mass is 16.7. The largest absolute Gasteiger partial charge is 0.509 e. The van der Waals surface area contributed by atoms with Gasteiger partial charge >= 0.3 is 0 Å². The fourth-order valence-electron chi connectivity index (χ4n) is 6.31. The Morgan fingerprint density at radius 3 is 2.53 bits per heavy atom. The summed E-state index contributed by atoms with van der Waals surface area (Å²) in [6.45, 7) is 5.72. The van der Waals surface area contributed by atoms with E-state index >= 15 is 0 Å². The number of rotatable bonds is 8. The predicted molar refractivity (Wildman–Crippen MR) is 170 cm³/mol. The van der Waals surface area contributed by atoms with Gasteiger partial charge in [-0.3, -0.25) is 14.4 Å². The Labute approximate surface area is 267 Å². The van der Waals surface area contributed by atoms with Crippen LogP contribution >= 0.6 is 0 Å². The quantitative estimate of drug-likeness (QED) is 0.280. The molecule has 1 aliphatic carbocycles. The molecule has 0 spiro atoms. The third-order valence-corrected chi connectivity index (χ3v) is 8.81. The average Bonchev–Trinajstić information content (AvgIpc) is 3.28. The minimum absolute atomic E-state index is 0.00890. The van der Waals surface area contributed by atoms with Crippen molar-refractivity contribution in [1.82, 2.24) is 5.32 Å². The lowest BCUT2D eigenvalue weighted by molar-refractivity contribution is -0.261. The van der Waals surface area contributed by atoms with Crippen LogP contribution in [-0.2, 0) is 28.6 Å². The Balaban J connectivity index is 1.79. The number of Topliss-reactive ketones (excluding diaryl/α,β-unsaturated/α-hetero) is 2. The number of carbonyl (C=O) groups is 3. The molecule has 0 saturated carbocycles. The van der Waals surface area contributed by atoms with E-state index in [1.54, 1.807) is 19.1 Å². The number of allylic oxidation sites excluding steroid dienone is 6. The first-order valence-corrected chi connectivity index (χ1v) is 16.5. The van der Waals surface area contributed by atoms with Gasteiger partial charge in [0.05, 0.1) is 18.3 Å². The first-order chi connectivity index (χ1) is 21.5. The Bertz CT molecular complexity index is 1130. The second-order valence-corrected chi connectivity index (χ2v) is 12.6. The van der Waals surface area contributed by atoms with Gasteiger partial charge in [-0.1, -0.05) is 62.5 Å². The van der Waals surface area contributed by atoms with Crippen molar-refractivity contribution in [2.24, 2.45) is 5.92 Å². The third kappa shape index (κ3) is 11.6. The van der Waals surface area contributed by atoms with Crippen molar-refractivity contribution in [3.8, 4) is 0 Å². The zero-order valence-corrected chi connectivity index (χ0v) is 27.3. The first-order valence-electron chi connectivity index (χ1n) is 16.5. The van der Waals surface area contributed by atoms with E-state index < -0.39 is 42.7 Å². The molecule has 8 atom stereocenters. The number of hydrogen-bond acceptors (Lipinski definition) is 9. The maximum absolute atomic E-state index is 13.5. The van der Waals surface area contributed by atoms with E-state index in [1.807, 2.05) is 19.1 Å². The van der Waals surface area contributed by atoms with E-state index in [0.717, 1.165) is 37.7 Å². The molecular formula is C35H53NO9. The van der Waals surface area contributed by atoms with Crippen molar-refractivity contribution in [1.29, 1.82) is 0 Å². The highest BCUT2D eigenvalue weighted by molar-refractivity contribution is 5.97. The summed E-state index contributed by atoms with van der Waals surface area (Å²) in [5.41, 5.74) is 1.00. The van der Waals surface area contributed by atoms with Gasteiger partial charge in [0, 0.05) is 56.4 Å². The summed E-state index contributed by atoms with van der Waals surface area (Å²) in [5.74, 6) is -1.30. The number of carbonyl (C=O) groups excluding carboxylic acids is 3. The molecule has 4 N–H and O–H groups in total. The van der Waals surface area contributed by atoms with Crippen LogP contribution in [0.4, 0.5) is 0 Å². The van der Waals surface area contributed by atoms with Gasteiger partial charge in [0.1, 0.15) is 23.8 Å². The normalized spacial score (nSPS) is 35.4. The van der Waals surface area contributed by atoms with Gasteiger partial charge < -0.3 is 34.8 Å². The third-order valence-electron chi connectivity index (χ3n) is 8.81. The highest BCUT2D eigenvalue weighted by Gasteiger charge is 2.42. The van der Waals surface area contributed by atoms with Crippen LogP contribution in [0.2, 0.25) is 0 Å². The lowest BCUT2D eigenvalue weighted by atomic mass is 9.92. The monoisotopic (exact) mass is 631 g/mol. The van der Waals surface area contributed by atoms with Gasteiger partial charge in [0.25, 0.3) is 0 Å². The molecule has 0 aromatic carbocycles. The number of amides is 1. The molecule has 45 heavy (non-hydrogen) atoms. The molecule has 0 aromatic heterocycles. The molecule has 2 aliphatic heterocycles. The molecular weight excluding hydrogens is 578 g/mol. The summed E-state index contributed by atoms with van der Waals surface area (Å²) in [6.07, 6.45) is 10.5. The minimum Gasteiger partial charge on any atom is -0.509 e. The average molecular weight is 632 g/mol. The number of methoxy groups -OCH3 is 1. The second-order valence-electron chi connectivity index (χ2n) is 12.6. The minimum atomic E-state index is -0.974. The molecule has 252 valence electrons. The SMILES string of the molecule is CCCCCCC1CC(=O)CCCC(O)CC(=O)C2=C(O)C(O[C@H]3C[C@H](OC)[C@H](O)[C@@H](C)O3)CC2/C=C(C)/C=C\C=C/C(=O)N1. The summed E-state index contributed by atoms with van der Waals surface area (Å²) >= 11 is 0. The fraction of sp³-hybridized carbons (Fsp3) is 0.686. The zero-order chi connectivity index (χ0) is 32.9. The summed E-state index contributed by atoms with van der Waals surface area (Å²) in [5, 5.41) is 35.2. The summed E-state index contributed by atoms with van der Waals surface area (Å²) in [7, 11) is 1.50. The maximum atomic E-state index is 13.5. The number of nitrogens with one attached hydrogen (secondary N) is 1. The molecule has 3 aliphatic rings. The Morgan fingerprint density at radius 2 is 1.80 bits per heavy atom. The number of aliphatic hydroxyl groups excluding tert-OH is 3. The van der Waals surface area contributed by atoms with Crippen LogP contribution in [0.25, 0.3) is 0 Å². The van der Waals surface area contributed by atoms with Crippen molar-refractivity contribution in [3.63, 3.8) is 0 Å². The summed E-state index contributed by atoms with van der Waals surface area (Å²) < 4.78 is 17.3. The second kappa shape index (κ2) is 18.5. The maximum Gasteiger partial charge on any atom is 0.244 e. The van der Waals surface area contributed by atoms with Crippen molar-refractivity contribution in [2.75, 3.05) is 7.11 Å². The lowest BCUT2D eigenvalue weighted by Gasteiger charge is -2.37. The number of hydrogen-bond donors (Lipinski definition) is 4. The molecule has 3 rings (SSSR count). The standard InChI is InChI=1S/C35H53NO9/c1-5-6-7-8-13-25-19-26(37)14-11-15-27(38)20-28(39)33-24(17-22(2)12-9-10-16-31(40)36-25)18-30(35(33)42)45-32-21-29(43-4)34(41)23(3)44-32/h9-10,12,16-17,23-25,27,29-30,32,34,38,41-42H,5-8,11,13-15,18-21H2,1-4H3,(H,36,40)/b12-9-,16-10-,22-17+/t23-,24?,25?,27?,29+,30?,32+,34-/m1/s1. The van der Waals surface area contributed by atoms with Crippen LogP contribution in [0, 0.1) is 5.92 Å². The lowest BCUT2D eigenvalue weighted by Crippen LogP contribution is -2.49. The van der Waals surface area contributed by atoms with E-state index in [4.69, 9.17) is 14.2 Å². The highest BCUT2D eigenvalue weighted by Crippen LogP contribution is 2.38. The fourth-order valence-corrected chi connectivity index (χ4v) is 6.31. The smallest absolute Gasteiger partial charge is 0.244 e. The van der Waals surface area contributed by atoms with Crippen LogP contribution in [0.5, 0.6) is 0 Å². The van der Waals surface area contributed by atoms with E-state index in [2.05, 4.69) is 12.2 Å². The van der Waals surface area contributed by atoms with Gasteiger partial charge in [0.15, 0.2) is 12.1 Å². The van der Waals surface area contributed by atoms with Gasteiger partial charge in [-0.05, 0) is 39.5 Å². The first kappa shape index (κ1) is 36.8. The number of aliphatic hydroxyl groups is 3. The topological polar surface area (TPSA) is 152 Å². The van der Waals surface area contributed by atoms with Crippen molar-refractivity contribution in [3.05, 3.63) is 47.3 Å². The molecule has 1 amide bonds. The van der Waals surface area contributed by atoms with Gasteiger partial charge in [-0.25, -0.2) is 0 Å². The molecule has 4 unspecified atom stereocenters. The molecule has 0 radical (unpaired) electrons. The van der Waals surface area contributed by atoms with E-state index in [0.29, 0.717) is 6.42 Å². The van der Waals surface area contributed by atoms with Crippen LogP contribution in [-0.4, -0.2) is 82.8 Å². The van der Waals surface area contributed by atoms with E-state index in [-0.39, 0.29) is 73.4 Å². The number of ketones is 2.